The highest BCUT2D eigenvalue weighted by atomic mass is 15.5. The van der Waals surface area contributed by atoms with Crippen LogP contribution in [0.3, 0.4) is 0 Å². The molecule has 4 aromatic rings. The molecule has 0 atom stereocenters. The molecule has 1 saturated heterocycles. The Morgan fingerprint density at radius 3 is 2.48 bits per heavy atom. The van der Waals surface area contributed by atoms with Crippen molar-refractivity contribution in [3.63, 3.8) is 0 Å². The summed E-state index contributed by atoms with van der Waals surface area (Å²) >= 11 is 0. The molecule has 7 nitrogen and oxygen atoms in total. The topological polar surface area (TPSA) is 62.5 Å². The summed E-state index contributed by atoms with van der Waals surface area (Å²) < 4.78 is 1.79. The first-order valence-electron chi connectivity index (χ1n) is 9.25. The van der Waals surface area contributed by atoms with Gasteiger partial charge in [-0.05, 0) is 48.0 Å². The first kappa shape index (κ1) is 16.0. The van der Waals surface area contributed by atoms with Gasteiger partial charge in [0.25, 0.3) is 0 Å². The van der Waals surface area contributed by atoms with E-state index in [-0.39, 0.29) is 0 Å². The molecule has 0 bridgehead atoms. The third kappa shape index (κ3) is 2.66. The van der Waals surface area contributed by atoms with Crippen LogP contribution in [0.5, 0.6) is 0 Å². The van der Waals surface area contributed by atoms with Crippen molar-refractivity contribution in [3.8, 4) is 0 Å². The Morgan fingerprint density at radius 1 is 0.889 bits per heavy atom. The van der Waals surface area contributed by atoms with Gasteiger partial charge < -0.3 is 9.80 Å². The summed E-state index contributed by atoms with van der Waals surface area (Å²) in [5.74, 6) is 0.860. The SMILES string of the molecule is Cc1ccc(N2CCN(c3nc4ccccc4n4nnnc34)CC2)c(C)c1. The van der Waals surface area contributed by atoms with Gasteiger partial charge in [-0.2, -0.15) is 4.52 Å². The number of benzene rings is 2. The number of anilines is 2. The third-order valence-electron chi connectivity index (χ3n) is 5.28. The summed E-state index contributed by atoms with van der Waals surface area (Å²) in [5.41, 5.74) is 6.50. The highest BCUT2D eigenvalue weighted by Crippen LogP contribution is 2.26. The van der Waals surface area contributed by atoms with Crippen LogP contribution < -0.4 is 9.80 Å². The lowest BCUT2D eigenvalue weighted by Crippen LogP contribution is -2.47. The van der Waals surface area contributed by atoms with Gasteiger partial charge in [0.05, 0.1) is 11.0 Å². The number of piperazine rings is 1. The summed E-state index contributed by atoms with van der Waals surface area (Å²) in [6, 6.07) is 14.6. The predicted octanol–water partition coefficient (Wildman–Crippen LogP) is 2.62. The Labute approximate surface area is 157 Å². The zero-order chi connectivity index (χ0) is 18.4. The van der Waals surface area contributed by atoms with Gasteiger partial charge in [-0.3, -0.25) is 0 Å². The summed E-state index contributed by atoms with van der Waals surface area (Å²) in [6.45, 7) is 8.00. The van der Waals surface area contributed by atoms with Crippen molar-refractivity contribution in [2.75, 3.05) is 36.0 Å². The molecule has 136 valence electrons. The van der Waals surface area contributed by atoms with E-state index < -0.39 is 0 Å². The van der Waals surface area contributed by atoms with Crippen molar-refractivity contribution in [3.05, 3.63) is 53.6 Å². The van der Waals surface area contributed by atoms with Gasteiger partial charge in [0.1, 0.15) is 0 Å². The molecule has 0 spiro atoms. The van der Waals surface area contributed by atoms with Crippen LogP contribution in [0.25, 0.3) is 16.7 Å². The van der Waals surface area contributed by atoms with Crippen molar-refractivity contribution < 1.29 is 0 Å². The van der Waals surface area contributed by atoms with Crippen LogP contribution in [-0.2, 0) is 0 Å². The van der Waals surface area contributed by atoms with Gasteiger partial charge in [0.15, 0.2) is 5.82 Å². The van der Waals surface area contributed by atoms with Gasteiger partial charge in [-0.15, -0.1) is 5.10 Å². The molecular weight excluding hydrogens is 338 g/mol. The minimum atomic E-state index is 0.716. The second kappa shape index (κ2) is 6.19. The summed E-state index contributed by atoms with van der Waals surface area (Å²) in [5, 5.41) is 12.3. The van der Waals surface area contributed by atoms with E-state index in [4.69, 9.17) is 4.98 Å². The molecule has 0 unspecified atom stereocenters. The predicted molar refractivity (Wildman–Crippen MR) is 106 cm³/mol. The number of aromatic nitrogens is 5. The lowest BCUT2D eigenvalue weighted by molar-refractivity contribution is 0.647. The van der Waals surface area contributed by atoms with E-state index in [0.29, 0.717) is 5.65 Å². The third-order valence-corrected chi connectivity index (χ3v) is 5.28. The van der Waals surface area contributed by atoms with Crippen molar-refractivity contribution >= 4 is 28.2 Å². The number of tetrazole rings is 1. The van der Waals surface area contributed by atoms with E-state index >= 15 is 0 Å². The molecule has 7 heteroatoms. The Kier molecular flexibility index (Phi) is 3.67. The van der Waals surface area contributed by atoms with Crippen LogP contribution in [-0.4, -0.2) is 51.2 Å². The summed E-state index contributed by atoms with van der Waals surface area (Å²) in [4.78, 5) is 9.61. The van der Waals surface area contributed by atoms with Crippen LogP contribution in [0.15, 0.2) is 42.5 Å². The monoisotopic (exact) mass is 359 g/mol. The van der Waals surface area contributed by atoms with E-state index in [1.54, 1.807) is 4.52 Å². The Hall–Kier alpha value is -3.22. The van der Waals surface area contributed by atoms with E-state index in [1.165, 1.54) is 16.8 Å². The van der Waals surface area contributed by atoms with Crippen LogP contribution in [0.4, 0.5) is 11.5 Å². The highest BCUT2D eigenvalue weighted by molar-refractivity contribution is 5.82. The van der Waals surface area contributed by atoms with Gasteiger partial charge in [0.2, 0.25) is 5.65 Å². The Bertz CT molecular complexity index is 1130. The molecule has 27 heavy (non-hydrogen) atoms. The molecular formula is C20H21N7. The minimum absolute atomic E-state index is 0.716. The normalized spacial score (nSPS) is 15.0. The molecule has 3 heterocycles. The number of fused-ring (bicyclic) bond motifs is 3. The number of nitrogens with zero attached hydrogens (tertiary/aromatic N) is 7. The fourth-order valence-corrected chi connectivity index (χ4v) is 3.92. The van der Waals surface area contributed by atoms with E-state index in [2.05, 4.69) is 57.4 Å². The van der Waals surface area contributed by atoms with E-state index in [0.717, 1.165) is 43.0 Å². The fraction of sp³-hybridized carbons (Fsp3) is 0.300. The van der Waals surface area contributed by atoms with Gasteiger partial charge in [0, 0.05) is 31.9 Å². The van der Waals surface area contributed by atoms with Gasteiger partial charge >= 0.3 is 0 Å². The molecule has 2 aromatic carbocycles. The molecule has 0 amide bonds. The molecule has 1 aliphatic rings. The van der Waals surface area contributed by atoms with Crippen molar-refractivity contribution in [2.24, 2.45) is 0 Å². The number of rotatable bonds is 2. The molecule has 1 fully saturated rings. The zero-order valence-electron chi connectivity index (χ0n) is 15.5. The van der Waals surface area contributed by atoms with E-state index in [9.17, 15) is 0 Å². The zero-order valence-corrected chi connectivity index (χ0v) is 15.5. The molecule has 0 N–H and O–H groups in total. The first-order chi connectivity index (χ1) is 13.2. The smallest absolute Gasteiger partial charge is 0.222 e. The van der Waals surface area contributed by atoms with Crippen LogP contribution in [0.1, 0.15) is 11.1 Å². The molecule has 1 aliphatic heterocycles. The minimum Gasteiger partial charge on any atom is -0.368 e. The highest BCUT2D eigenvalue weighted by Gasteiger charge is 2.23. The lowest BCUT2D eigenvalue weighted by Gasteiger charge is -2.37. The Morgan fingerprint density at radius 2 is 1.67 bits per heavy atom. The van der Waals surface area contributed by atoms with Crippen LogP contribution >= 0.6 is 0 Å². The summed E-state index contributed by atoms with van der Waals surface area (Å²) in [6.07, 6.45) is 0. The van der Waals surface area contributed by atoms with E-state index in [1.807, 2.05) is 24.3 Å². The molecule has 2 aromatic heterocycles. The average Bonchev–Trinajstić information content (AvgIpc) is 3.18. The number of aryl methyl sites for hydroxylation is 2. The standard InChI is InChI=1S/C20H21N7/c1-14-7-8-17(15(2)13-14)25-9-11-26(12-10-25)19-20-22-23-24-27(20)18-6-4-3-5-16(18)21-19/h3-8,13H,9-12H2,1-2H3. The summed E-state index contributed by atoms with van der Waals surface area (Å²) in [7, 11) is 0. The second-order valence-corrected chi connectivity index (χ2v) is 7.10. The van der Waals surface area contributed by atoms with Crippen LogP contribution in [0, 0.1) is 13.8 Å². The lowest BCUT2D eigenvalue weighted by atomic mass is 10.1. The fourth-order valence-electron chi connectivity index (χ4n) is 3.92. The molecule has 0 radical (unpaired) electrons. The maximum Gasteiger partial charge on any atom is 0.222 e. The molecule has 0 aliphatic carbocycles. The van der Waals surface area contributed by atoms with Gasteiger partial charge in [-0.25, -0.2) is 4.98 Å². The number of hydrogen-bond donors (Lipinski definition) is 0. The largest absolute Gasteiger partial charge is 0.368 e. The maximum absolute atomic E-state index is 4.87. The number of hydrogen-bond acceptors (Lipinski definition) is 6. The van der Waals surface area contributed by atoms with Crippen molar-refractivity contribution in [1.29, 1.82) is 0 Å². The quantitative estimate of drug-likeness (QED) is 0.548. The van der Waals surface area contributed by atoms with Gasteiger partial charge in [-0.1, -0.05) is 29.8 Å². The second-order valence-electron chi connectivity index (χ2n) is 7.10. The Balaban J connectivity index is 1.46. The average molecular weight is 359 g/mol. The van der Waals surface area contributed by atoms with Crippen molar-refractivity contribution in [1.82, 2.24) is 25.0 Å². The van der Waals surface area contributed by atoms with Crippen molar-refractivity contribution in [2.45, 2.75) is 13.8 Å². The number of para-hydroxylation sites is 2. The molecule has 0 saturated carbocycles. The maximum atomic E-state index is 4.87. The molecule has 5 rings (SSSR count). The first-order valence-corrected chi connectivity index (χ1v) is 9.25. The van der Waals surface area contributed by atoms with Crippen LogP contribution in [0.2, 0.25) is 0 Å².